The lowest BCUT2D eigenvalue weighted by atomic mass is 10.2. The lowest BCUT2D eigenvalue weighted by Gasteiger charge is -2.33. The Bertz CT molecular complexity index is 293. The van der Waals surface area contributed by atoms with Crippen LogP contribution < -0.4 is 9.79 Å². The van der Waals surface area contributed by atoms with Crippen LogP contribution in [0.5, 0.6) is 0 Å². The minimum absolute atomic E-state index is 2.69. The third-order valence-corrected chi connectivity index (χ3v) is 1.66. The summed E-state index contributed by atoms with van der Waals surface area (Å²) in [5.41, 5.74) is 0. The molecule has 16 heavy (non-hydrogen) atoms. The van der Waals surface area contributed by atoms with Crippen LogP contribution in [0, 0.1) is 0 Å². The average molecular weight is 278 g/mol. The maximum atomic E-state index is 12.2. The van der Waals surface area contributed by atoms with Crippen molar-refractivity contribution in [1.29, 1.82) is 0 Å². The number of rotatable bonds is 4. The highest BCUT2D eigenvalue weighted by molar-refractivity contribution is 7.43. The molecule has 4 nitrogen and oxygen atoms in total. The van der Waals surface area contributed by atoms with E-state index < -0.39 is 32.5 Å². The summed E-state index contributed by atoms with van der Waals surface area (Å²) in [4.78, 5) is 19.3. The first-order valence-electron chi connectivity index (χ1n) is 3.20. The quantitative estimate of drug-likeness (QED) is 0.559. The third kappa shape index (κ3) is 3.58. The maximum absolute atomic E-state index is 12.2. The van der Waals surface area contributed by atoms with Crippen molar-refractivity contribution in [3.05, 3.63) is 0 Å². The van der Waals surface area contributed by atoms with Crippen LogP contribution >= 0.6 is 7.82 Å². The van der Waals surface area contributed by atoms with E-state index in [1.54, 1.807) is 0 Å². The van der Waals surface area contributed by atoms with Crippen LogP contribution in [0.3, 0.4) is 0 Å². The Kier molecular flexibility index (Phi) is 4.03. The molecule has 0 heterocycles. The second-order valence-corrected chi connectivity index (χ2v) is 3.65. The van der Waals surface area contributed by atoms with Gasteiger partial charge in [-0.25, -0.2) is 0 Å². The molecule has 0 aromatic carbocycles. The number of hydrogen-bond donors (Lipinski definition) is 0. The Morgan fingerprint density at radius 1 is 1.00 bits per heavy atom. The fraction of sp³-hybridized carbons (Fsp3) is 1.00. The van der Waals surface area contributed by atoms with Gasteiger partial charge in [-0.2, -0.15) is 30.7 Å². The number of phosphoric acid groups is 1. The second kappa shape index (κ2) is 4.13. The molecule has 0 radical (unpaired) electrons. The highest BCUT2D eigenvalue weighted by Gasteiger charge is 2.73. The van der Waals surface area contributed by atoms with E-state index in [4.69, 9.17) is 0 Å². The van der Waals surface area contributed by atoms with E-state index in [0.29, 0.717) is 0 Å². The van der Waals surface area contributed by atoms with Gasteiger partial charge < -0.3 is 18.9 Å². The van der Waals surface area contributed by atoms with Crippen molar-refractivity contribution < 1.29 is 49.6 Å². The van der Waals surface area contributed by atoms with Gasteiger partial charge in [-0.05, 0) is 0 Å². The fourth-order valence-corrected chi connectivity index (χ4v) is 0.778. The van der Waals surface area contributed by atoms with Crippen molar-refractivity contribution in [3.63, 3.8) is 0 Å². The van der Waals surface area contributed by atoms with E-state index in [1.165, 1.54) is 0 Å². The smallest absolute Gasteiger partial charge is 0.459 e. The Balaban J connectivity index is 4.86. The number of hydrogen-bond acceptors (Lipinski definition) is 4. The first-order chi connectivity index (χ1) is 6.71. The molecule has 0 fully saturated rings. The van der Waals surface area contributed by atoms with Gasteiger partial charge in [0, 0.05) is 0 Å². The number of phosphoric ester groups is 1. The third-order valence-electron chi connectivity index (χ3n) is 1.22. The van der Waals surface area contributed by atoms with Crippen molar-refractivity contribution in [2.45, 2.75) is 18.0 Å². The van der Waals surface area contributed by atoms with Crippen molar-refractivity contribution in [2.75, 3.05) is 6.61 Å². The number of halogens is 7. The van der Waals surface area contributed by atoms with Gasteiger partial charge in [-0.15, -0.1) is 0 Å². The van der Waals surface area contributed by atoms with E-state index in [0.717, 1.165) is 0 Å². The van der Waals surface area contributed by atoms with Gasteiger partial charge in [0.15, 0.2) is 0 Å². The Morgan fingerprint density at radius 2 is 1.38 bits per heavy atom. The highest BCUT2D eigenvalue weighted by atomic mass is 31.2. The zero-order chi connectivity index (χ0) is 13.4. The van der Waals surface area contributed by atoms with Crippen molar-refractivity contribution in [2.24, 2.45) is 0 Å². The summed E-state index contributed by atoms with van der Waals surface area (Å²) in [6.07, 6.45) is -6.60. The van der Waals surface area contributed by atoms with Crippen LogP contribution in [0.1, 0.15) is 0 Å². The molecule has 98 valence electrons. The standard InChI is InChI=1S/C4H4F7O4P/c5-2(6,1-15-16(12,13)14)3(7,8)4(9,10)11/h1H2,(H2,12,13,14)/p-2. The van der Waals surface area contributed by atoms with Crippen LogP contribution in [-0.2, 0) is 9.09 Å². The van der Waals surface area contributed by atoms with Gasteiger partial charge in [0.2, 0.25) is 0 Å². The first kappa shape index (κ1) is 15.6. The largest absolute Gasteiger partial charge is 0.790 e. The first-order valence-corrected chi connectivity index (χ1v) is 4.66. The van der Waals surface area contributed by atoms with E-state index in [1.807, 2.05) is 0 Å². The fourth-order valence-electron chi connectivity index (χ4n) is 0.458. The predicted molar refractivity (Wildman–Crippen MR) is 29.5 cm³/mol. The molecule has 0 aliphatic rings. The van der Waals surface area contributed by atoms with Crippen LogP contribution in [-0.4, -0.2) is 24.6 Å². The summed E-state index contributed by atoms with van der Waals surface area (Å²) in [5.74, 6) is -12.4. The molecule has 0 saturated heterocycles. The molecule has 0 atom stereocenters. The molecule has 0 aromatic heterocycles. The van der Waals surface area contributed by atoms with E-state index in [9.17, 15) is 45.1 Å². The maximum Gasteiger partial charge on any atom is 0.459 e. The SMILES string of the molecule is O=P([O-])([O-])OCC(F)(F)C(F)(F)C(F)(F)F. The zero-order valence-electron chi connectivity index (χ0n) is 6.93. The topological polar surface area (TPSA) is 72.4 Å². The van der Waals surface area contributed by atoms with Crippen LogP contribution in [0.4, 0.5) is 30.7 Å². The van der Waals surface area contributed by atoms with Gasteiger partial charge >= 0.3 is 18.0 Å². The summed E-state index contributed by atoms with van der Waals surface area (Å²) >= 11 is 0. The molecule has 0 amide bonds. The Hall–Kier alpha value is -0.380. The van der Waals surface area contributed by atoms with Crippen molar-refractivity contribution in [3.8, 4) is 0 Å². The molecular weight excluding hydrogens is 276 g/mol. The normalized spacial score (nSPS) is 15.3. The number of alkyl halides is 7. The minimum atomic E-state index is -6.60. The van der Waals surface area contributed by atoms with Crippen LogP contribution in [0.2, 0.25) is 0 Å². The lowest BCUT2D eigenvalue weighted by molar-refractivity contribution is -0.372. The molecule has 0 rings (SSSR count). The molecular formula is C4H2F7O4P-2. The van der Waals surface area contributed by atoms with Gasteiger partial charge in [0.1, 0.15) is 6.61 Å². The molecule has 0 spiro atoms. The summed E-state index contributed by atoms with van der Waals surface area (Å²) in [6.45, 7) is -2.89. The summed E-state index contributed by atoms with van der Waals surface area (Å²) in [5, 5.41) is 0. The summed E-state index contributed by atoms with van der Waals surface area (Å²) in [7, 11) is -6.06. The van der Waals surface area contributed by atoms with Gasteiger partial charge in [-0.1, -0.05) is 0 Å². The summed E-state index contributed by atoms with van der Waals surface area (Å²) < 4.78 is 95.2. The van der Waals surface area contributed by atoms with E-state index >= 15 is 0 Å². The molecule has 0 N–H and O–H groups in total. The molecule has 0 aliphatic heterocycles. The molecule has 0 aromatic rings. The summed E-state index contributed by atoms with van der Waals surface area (Å²) in [6, 6.07) is 0. The molecule has 0 unspecified atom stereocenters. The lowest BCUT2D eigenvalue weighted by Crippen LogP contribution is -2.54. The van der Waals surface area contributed by atoms with Crippen LogP contribution in [0.25, 0.3) is 0 Å². The van der Waals surface area contributed by atoms with E-state index in [2.05, 4.69) is 4.52 Å². The second-order valence-electron chi connectivity index (χ2n) is 2.50. The highest BCUT2D eigenvalue weighted by Crippen LogP contribution is 2.47. The van der Waals surface area contributed by atoms with Gasteiger partial charge in [0.05, 0.1) is 7.82 Å². The molecule has 12 heteroatoms. The van der Waals surface area contributed by atoms with Crippen molar-refractivity contribution >= 4 is 7.82 Å². The average Bonchev–Trinajstić information content (AvgIpc) is 1.97. The minimum Gasteiger partial charge on any atom is -0.790 e. The van der Waals surface area contributed by atoms with Gasteiger partial charge in [-0.3, -0.25) is 0 Å². The molecule has 0 saturated carbocycles. The van der Waals surface area contributed by atoms with Crippen molar-refractivity contribution in [1.82, 2.24) is 0 Å². The van der Waals surface area contributed by atoms with Gasteiger partial charge in [0.25, 0.3) is 0 Å². The molecule has 0 aliphatic carbocycles. The monoisotopic (exact) mass is 278 g/mol. The zero-order valence-corrected chi connectivity index (χ0v) is 7.83. The Morgan fingerprint density at radius 3 is 1.62 bits per heavy atom. The predicted octanol–water partition coefficient (Wildman–Crippen LogP) is 0.665. The van der Waals surface area contributed by atoms with E-state index in [-0.39, 0.29) is 0 Å². The molecule has 0 bridgehead atoms. The Labute approximate surface area is 83.2 Å². The van der Waals surface area contributed by atoms with Crippen LogP contribution in [0.15, 0.2) is 0 Å².